The quantitative estimate of drug-likeness (QED) is 0.712. The van der Waals surface area contributed by atoms with E-state index in [0.717, 1.165) is 6.42 Å². The van der Waals surface area contributed by atoms with Crippen molar-refractivity contribution in [3.8, 4) is 0 Å². The SMILES string of the molecule is O=C(O)CCCCC(=O)C1(CCc2ccccc2)C=CC=N1. The molecule has 116 valence electrons. The molecule has 22 heavy (non-hydrogen) atoms. The fourth-order valence-electron chi connectivity index (χ4n) is 2.63. The number of carbonyl (C=O) groups is 2. The molecule has 0 radical (unpaired) electrons. The maximum Gasteiger partial charge on any atom is 0.303 e. The Kier molecular flexibility index (Phi) is 5.64. The van der Waals surface area contributed by atoms with Crippen molar-refractivity contribution >= 4 is 18.0 Å². The zero-order valence-corrected chi connectivity index (χ0v) is 12.6. The van der Waals surface area contributed by atoms with Crippen molar-refractivity contribution < 1.29 is 14.7 Å². The second-order valence-electron chi connectivity index (χ2n) is 5.57. The molecule has 0 aromatic heterocycles. The normalized spacial score (nSPS) is 19.5. The molecular formula is C18H21NO3. The number of ketones is 1. The summed E-state index contributed by atoms with van der Waals surface area (Å²) >= 11 is 0. The number of hydrogen-bond donors (Lipinski definition) is 1. The third-order valence-corrected chi connectivity index (χ3v) is 3.93. The number of carboxylic acid groups (broad SMARTS) is 1. The summed E-state index contributed by atoms with van der Waals surface area (Å²) in [5.41, 5.74) is 0.440. The number of allylic oxidation sites excluding steroid dienone is 1. The molecule has 0 fully saturated rings. The Morgan fingerprint density at radius 1 is 1.09 bits per heavy atom. The van der Waals surface area contributed by atoms with Gasteiger partial charge in [0, 0.05) is 19.1 Å². The van der Waals surface area contributed by atoms with Gasteiger partial charge in [-0.05, 0) is 43.4 Å². The van der Waals surface area contributed by atoms with Gasteiger partial charge in [-0.25, -0.2) is 0 Å². The zero-order chi connectivity index (χ0) is 15.8. The molecular weight excluding hydrogens is 278 g/mol. The first-order valence-electron chi connectivity index (χ1n) is 7.64. The monoisotopic (exact) mass is 299 g/mol. The van der Waals surface area contributed by atoms with Crippen LogP contribution in [0.5, 0.6) is 0 Å². The minimum absolute atomic E-state index is 0.0822. The minimum Gasteiger partial charge on any atom is -0.481 e. The molecule has 0 aliphatic carbocycles. The first-order valence-corrected chi connectivity index (χ1v) is 7.64. The van der Waals surface area contributed by atoms with Gasteiger partial charge in [-0.1, -0.05) is 30.3 Å². The lowest BCUT2D eigenvalue weighted by Gasteiger charge is -2.23. The summed E-state index contributed by atoms with van der Waals surface area (Å²) in [6.07, 6.45) is 8.44. The summed E-state index contributed by atoms with van der Waals surface area (Å²) < 4.78 is 0. The topological polar surface area (TPSA) is 66.7 Å². The van der Waals surface area contributed by atoms with Crippen LogP contribution in [0.15, 0.2) is 47.5 Å². The number of Topliss-reactive ketones (excluding diaryl/α,β-unsaturated/α-hetero) is 1. The van der Waals surface area contributed by atoms with E-state index in [-0.39, 0.29) is 12.2 Å². The summed E-state index contributed by atoms with van der Waals surface area (Å²) in [7, 11) is 0. The van der Waals surface area contributed by atoms with E-state index in [4.69, 9.17) is 5.11 Å². The summed E-state index contributed by atoms with van der Waals surface area (Å²) in [6, 6.07) is 10.0. The van der Waals surface area contributed by atoms with Crippen LogP contribution in [-0.4, -0.2) is 28.6 Å². The smallest absolute Gasteiger partial charge is 0.303 e. The van der Waals surface area contributed by atoms with Gasteiger partial charge in [-0.2, -0.15) is 0 Å². The Balaban J connectivity index is 1.90. The van der Waals surface area contributed by atoms with Gasteiger partial charge in [0.05, 0.1) is 0 Å². The Morgan fingerprint density at radius 2 is 1.82 bits per heavy atom. The fourth-order valence-corrected chi connectivity index (χ4v) is 2.63. The predicted octanol–water partition coefficient (Wildman–Crippen LogP) is 3.21. The molecule has 1 N–H and O–H groups in total. The summed E-state index contributed by atoms with van der Waals surface area (Å²) in [5.74, 6) is -0.733. The highest BCUT2D eigenvalue weighted by Crippen LogP contribution is 2.27. The average molecular weight is 299 g/mol. The number of aliphatic imine (C=N–C) groups is 1. The van der Waals surface area contributed by atoms with E-state index in [0.29, 0.717) is 25.7 Å². The summed E-state index contributed by atoms with van der Waals surface area (Å²) in [4.78, 5) is 27.4. The second-order valence-corrected chi connectivity index (χ2v) is 5.57. The van der Waals surface area contributed by atoms with Crippen LogP contribution >= 0.6 is 0 Å². The molecule has 4 nitrogen and oxygen atoms in total. The van der Waals surface area contributed by atoms with Gasteiger partial charge in [-0.15, -0.1) is 0 Å². The van der Waals surface area contributed by atoms with Crippen LogP contribution in [0.1, 0.15) is 37.7 Å². The van der Waals surface area contributed by atoms with E-state index in [1.165, 1.54) is 5.56 Å². The van der Waals surface area contributed by atoms with Crippen LogP contribution in [-0.2, 0) is 16.0 Å². The standard InChI is InChI=1S/C18H21NO3/c20-16(9-4-5-10-17(21)22)18(12-6-14-19-18)13-11-15-7-2-1-3-8-15/h1-3,6-8,12,14H,4-5,9-11,13H2,(H,21,22). The molecule has 1 aliphatic rings. The molecule has 0 saturated carbocycles. The van der Waals surface area contributed by atoms with Crippen molar-refractivity contribution in [1.82, 2.24) is 0 Å². The van der Waals surface area contributed by atoms with Gasteiger partial charge in [0.15, 0.2) is 5.78 Å². The molecule has 0 bridgehead atoms. The lowest BCUT2D eigenvalue weighted by molar-refractivity contribution is -0.137. The van der Waals surface area contributed by atoms with Gasteiger partial charge in [0.2, 0.25) is 0 Å². The number of unbranched alkanes of at least 4 members (excludes halogenated alkanes) is 1. The van der Waals surface area contributed by atoms with Crippen molar-refractivity contribution in [3.63, 3.8) is 0 Å². The van der Waals surface area contributed by atoms with Crippen LogP contribution in [0, 0.1) is 0 Å². The third-order valence-electron chi connectivity index (χ3n) is 3.93. The Hall–Kier alpha value is -2.23. The molecule has 1 aromatic carbocycles. The molecule has 4 heteroatoms. The lowest BCUT2D eigenvalue weighted by Crippen LogP contribution is -2.34. The molecule has 1 heterocycles. The van der Waals surface area contributed by atoms with Crippen LogP contribution in [0.25, 0.3) is 0 Å². The highest BCUT2D eigenvalue weighted by atomic mass is 16.4. The van der Waals surface area contributed by atoms with Crippen molar-refractivity contribution in [2.45, 2.75) is 44.1 Å². The average Bonchev–Trinajstić information content (AvgIpc) is 3.00. The summed E-state index contributed by atoms with van der Waals surface area (Å²) in [5, 5.41) is 8.63. The largest absolute Gasteiger partial charge is 0.481 e. The molecule has 2 rings (SSSR count). The number of carboxylic acids is 1. The Labute approximate surface area is 130 Å². The number of hydrogen-bond acceptors (Lipinski definition) is 3. The zero-order valence-electron chi connectivity index (χ0n) is 12.6. The molecule has 0 spiro atoms. The van der Waals surface area contributed by atoms with E-state index in [1.54, 1.807) is 6.21 Å². The van der Waals surface area contributed by atoms with Crippen molar-refractivity contribution in [2.75, 3.05) is 0 Å². The van der Waals surface area contributed by atoms with E-state index in [1.807, 2.05) is 42.5 Å². The van der Waals surface area contributed by atoms with Crippen molar-refractivity contribution in [2.24, 2.45) is 4.99 Å². The predicted molar refractivity (Wildman–Crippen MR) is 86.2 cm³/mol. The molecule has 1 aromatic rings. The van der Waals surface area contributed by atoms with Crippen LogP contribution in [0.4, 0.5) is 0 Å². The highest BCUT2D eigenvalue weighted by Gasteiger charge is 2.35. The Bertz CT molecular complexity index is 563. The number of rotatable bonds is 9. The van der Waals surface area contributed by atoms with Crippen molar-refractivity contribution in [1.29, 1.82) is 0 Å². The number of benzene rings is 1. The summed E-state index contributed by atoms with van der Waals surface area (Å²) in [6.45, 7) is 0. The number of carbonyl (C=O) groups excluding carboxylic acids is 1. The molecule has 0 saturated heterocycles. The molecule has 1 atom stereocenters. The first kappa shape index (κ1) is 16.1. The lowest BCUT2D eigenvalue weighted by atomic mass is 9.86. The van der Waals surface area contributed by atoms with Gasteiger partial charge >= 0.3 is 5.97 Å². The number of aryl methyl sites for hydroxylation is 1. The van der Waals surface area contributed by atoms with E-state index < -0.39 is 11.5 Å². The van der Waals surface area contributed by atoms with Gasteiger partial charge in [0.25, 0.3) is 0 Å². The van der Waals surface area contributed by atoms with E-state index in [2.05, 4.69) is 4.99 Å². The second kappa shape index (κ2) is 7.69. The molecule has 0 amide bonds. The molecule has 1 aliphatic heterocycles. The van der Waals surface area contributed by atoms with E-state index in [9.17, 15) is 9.59 Å². The number of aliphatic carboxylic acids is 1. The van der Waals surface area contributed by atoms with Crippen molar-refractivity contribution in [3.05, 3.63) is 48.0 Å². The highest BCUT2D eigenvalue weighted by molar-refractivity contribution is 5.95. The third kappa shape index (κ3) is 4.38. The minimum atomic E-state index is -0.815. The van der Waals surface area contributed by atoms with Crippen LogP contribution in [0.3, 0.4) is 0 Å². The van der Waals surface area contributed by atoms with Crippen LogP contribution in [0.2, 0.25) is 0 Å². The van der Waals surface area contributed by atoms with E-state index >= 15 is 0 Å². The Morgan fingerprint density at radius 3 is 2.45 bits per heavy atom. The van der Waals surface area contributed by atoms with Crippen LogP contribution < -0.4 is 0 Å². The first-order chi connectivity index (χ1) is 10.6. The maximum absolute atomic E-state index is 12.5. The molecule has 1 unspecified atom stereocenters. The maximum atomic E-state index is 12.5. The van der Waals surface area contributed by atoms with Gasteiger partial charge in [0.1, 0.15) is 5.54 Å². The fraction of sp³-hybridized carbons (Fsp3) is 0.389. The van der Waals surface area contributed by atoms with Gasteiger partial charge in [-0.3, -0.25) is 14.6 Å². The number of nitrogens with zero attached hydrogens (tertiary/aromatic N) is 1. The van der Waals surface area contributed by atoms with Gasteiger partial charge < -0.3 is 5.11 Å².